The number of benzene rings is 1. The van der Waals surface area contributed by atoms with Crippen LogP contribution in [0, 0.1) is 6.92 Å². The number of anilines is 2. The van der Waals surface area contributed by atoms with Crippen molar-refractivity contribution in [1.82, 2.24) is 5.16 Å². The van der Waals surface area contributed by atoms with E-state index in [1.54, 1.807) is 13.0 Å². The van der Waals surface area contributed by atoms with Crippen molar-refractivity contribution < 1.29 is 18.8 Å². The van der Waals surface area contributed by atoms with Gasteiger partial charge in [-0.05, 0) is 38.3 Å². The van der Waals surface area contributed by atoms with E-state index in [0.29, 0.717) is 18.0 Å². The number of aryl methyl sites for hydroxylation is 1. The topological polar surface area (TPSA) is 85.6 Å². The third-order valence-electron chi connectivity index (χ3n) is 5.10. The number of fused-ring (bicyclic) bond motifs is 1. The molecule has 1 atom stereocenters. The van der Waals surface area contributed by atoms with Crippen LogP contribution in [-0.2, 0) is 4.79 Å². The van der Waals surface area contributed by atoms with E-state index in [1.807, 2.05) is 25.1 Å². The standard InChI is InChI=1S/C20H25N3O4/c1-3-15(19(24)22-18-11-13(2)27-23-18)21-14-7-8-16-17(12-14)26-20(25-16)9-5-4-6-10-20/h7-8,11-12,15,21H,3-6,9-10H2,1-2H3,(H,22,23,24)/t15-/m0/s1. The molecule has 2 heterocycles. The lowest BCUT2D eigenvalue weighted by atomic mass is 9.94. The molecule has 1 aromatic heterocycles. The highest BCUT2D eigenvalue weighted by atomic mass is 16.7. The number of amides is 1. The average Bonchev–Trinajstić information content (AvgIpc) is 3.22. The third-order valence-corrected chi connectivity index (χ3v) is 5.10. The van der Waals surface area contributed by atoms with E-state index in [-0.39, 0.29) is 5.91 Å². The number of ether oxygens (including phenoxy) is 2. The molecule has 2 aromatic rings. The number of carbonyl (C=O) groups excluding carboxylic acids is 1. The first-order chi connectivity index (χ1) is 13.1. The van der Waals surface area contributed by atoms with Crippen LogP contribution >= 0.6 is 0 Å². The Kier molecular flexibility index (Phi) is 4.68. The zero-order valence-corrected chi connectivity index (χ0v) is 15.7. The molecule has 0 bridgehead atoms. The van der Waals surface area contributed by atoms with Gasteiger partial charge in [-0.3, -0.25) is 4.79 Å². The first-order valence-corrected chi connectivity index (χ1v) is 9.60. The van der Waals surface area contributed by atoms with Crippen LogP contribution in [0.25, 0.3) is 0 Å². The van der Waals surface area contributed by atoms with Crippen LogP contribution in [0.5, 0.6) is 11.5 Å². The summed E-state index contributed by atoms with van der Waals surface area (Å²) in [6, 6.07) is 7.03. The molecular weight excluding hydrogens is 346 g/mol. The predicted molar refractivity (Wildman–Crippen MR) is 101 cm³/mol. The van der Waals surface area contributed by atoms with Crippen LogP contribution in [0.2, 0.25) is 0 Å². The van der Waals surface area contributed by atoms with Crippen molar-refractivity contribution in [3.05, 3.63) is 30.0 Å². The minimum atomic E-state index is -0.494. The van der Waals surface area contributed by atoms with Crippen molar-refractivity contribution in [1.29, 1.82) is 0 Å². The summed E-state index contributed by atoms with van der Waals surface area (Å²) in [6.07, 6.45) is 5.94. The maximum atomic E-state index is 12.5. The second-order valence-electron chi connectivity index (χ2n) is 7.25. The van der Waals surface area contributed by atoms with Gasteiger partial charge >= 0.3 is 0 Å². The fourth-order valence-corrected chi connectivity index (χ4v) is 3.67. The Morgan fingerprint density at radius 3 is 2.67 bits per heavy atom. The molecule has 2 N–H and O–H groups in total. The van der Waals surface area contributed by atoms with Gasteiger partial charge in [-0.25, -0.2) is 0 Å². The van der Waals surface area contributed by atoms with Gasteiger partial charge in [-0.1, -0.05) is 18.5 Å². The van der Waals surface area contributed by atoms with Gasteiger partial charge < -0.3 is 24.6 Å². The molecule has 1 saturated carbocycles. The molecular formula is C20H25N3O4. The molecule has 27 heavy (non-hydrogen) atoms. The van der Waals surface area contributed by atoms with Gasteiger partial charge in [-0.2, -0.15) is 0 Å². The number of nitrogens with zero attached hydrogens (tertiary/aromatic N) is 1. The van der Waals surface area contributed by atoms with Gasteiger partial charge in [0.25, 0.3) is 5.79 Å². The van der Waals surface area contributed by atoms with Gasteiger partial charge in [-0.15, -0.1) is 0 Å². The Hall–Kier alpha value is -2.70. The molecule has 0 radical (unpaired) electrons. The average molecular weight is 371 g/mol. The highest BCUT2D eigenvalue weighted by molar-refractivity contribution is 5.95. The summed E-state index contributed by atoms with van der Waals surface area (Å²) in [6.45, 7) is 3.74. The summed E-state index contributed by atoms with van der Waals surface area (Å²) >= 11 is 0. The van der Waals surface area contributed by atoms with Gasteiger partial charge in [0, 0.05) is 30.7 Å². The Bertz CT molecular complexity index is 826. The summed E-state index contributed by atoms with van der Waals surface area (Å²) in [4.78, 5) is 12.5. The van der Waals surface area contributed by atoms with E-state index in [4.69, 9.17) is 14.0 Å². The fourth-order valence-electron chi connectivity index (χ4n) is 3.67. The smallest absolute Gasteiger partial charge is 0.251 e. The Morgan fingerprint density at radius 2 is 1.96 bits per heavy atom. The summed E-state index contributed by atoms with van der Waals surface area (Å²) in [7, 11) is 0. The minimum absolute atomic E-state index is 0.160. The Labute approximate surface area is 158 Å². The van der Waals surface area contributed by atoms with Crippen LogP contribution in [0.15, 0.2) is 28.8 Å². The van der Waals surface area contributed by atoms with Crippen LogP contribution in [0.3, 0.4) is 0 Å². The summed E-state index contributed by atoms with van der Waals surface area (Å²) in [5.74, 6) is 1.93. The second-order valence-corrected chi connectivity index (χ2v) is 7.25. The molecule has 0 unspecified atom stereocenters. The lowest BCUT2D eigenvalue weighted by molar-refractivity contribution is -0.117. The highest BCUT2D eigenvalue weighted by Gasteiger charge is 2.42. The summed E-state index contributed by atoms with van der Waals surface area (Å²) < 4.78 is 17.3. The molecule has 1 spiro atoms. The summed E-state index contributed by atoms with van der Waals surface area (Å²) in [5.41, 5.74) is 0.823. The third kappa shape index (κ3) is 3.72. The van der Waals surface area contributed by atoms with Crippen molar-refractivity contribution in [3.8, 4) is 11.5 Å². The zero-order valence-electron chi connectivity index (χ0n) is 15.7. The van der Waals surface area contributed by atoms with Gasteiger partial charge in [0.15, 0.2) is 17.3 Å². The number of hydrogen-bond donors (Lipinski definition) is 2. The van der Waals surface area contributed by atoms with E-state index < -0.39 is 11.8 Å². The Balaban J connectivity index is 1.43. The largest absolute Gasteiger partial charge is 0.448 e. The monoisotopic (exact) mass is 371 g/mol. The van der Waals surface area contributed by atoms with Crippen LogP contribution in [0.4, 0.5) is 11.5 Å². The zero-order chi connectivity index (χ0) is 18.9. The number of carbonyl (C=O) groups is 1. The van der Waals surface area contributed by atoms with Gasteiger partial charge in [0.05, 0.1) is 0 Å². The lowest BCUT2D eigenvalue weighted by Crippen LogP contribution is -2.40. The maximum absolute atomic E-state index is 12.5. The molecule has 7 nitrogen and oxygen atoms in total. The van der Waals surface area contributed by atoms with E-state index in [1.165, 1.54) is 6.42 Å². The SMILES string of the molecule is CC[C@H](Nc1ccc2c(c1)OC1(CCCCC1)O2)C(=O)Nc1cc(C)on1. The van der Waals surface area contributed by atoms with Crippen LogP contribution in [0.1, 0.15) is 51.2 Å². The molecule has 144 valence electrons. The summed E-state index contributed by atoms with van der Waals surface area (Å²) in [5, 5.41) is 9.85. The van der Waals surface area contributed by atoms with Gasteiger partial charge in [0.2, 0.25) is 5.91 Å². The quantitative estimate of drug-likeness (QED) is 0.817. The molecule has 1 fully saturated rings. The number of hydrogen-bond acceptors (Lipinski definition) is 6. The molecule has 1 aromatic carbocycles. The van der Waals surface area contributed by atoms with Crippen molar-refractivity contribution in [3.63, 3.8) is 0 Å². The van der Waals surface area contributed by atoms with Crippen LogP contribution in [-0.4, -0.2) is 22.9 Å². The van der Waals surface area contributed by atoms with Crippen molar-refractivity contribution >= 4 is 17.4 Å². The maximum Gasteiger partial charge on any atom is 0.251 e. The Morgan fingerprint density at radius 1 is 1.19 bits per heavy atom. The molecule has 1 aliphatic carbocycles. The lowest BCUT2D eigenvalue weighted by Gasteiger charge is -2.31. The van der Waals surface area contributed by atoms with Crippen molar-refractivity contribution in [2.75, 3.05) is 10.6 Å². The molecule has 1 amide bonds. The van der Waals surface area contributed by atoms with E-state index >= 15 is 0 Å². The van der Waals surface area contributed by atoms with E-state index in [9.17, 15) is 4.79 Å². The highest BCUT2D eigenvalue weighted by Crippen LogP contribution is 2.46. The number of aromatic nitrogens is 1. The predicted octanol–water partition coefficient (Wildman–Crippen LogP) is 4.24. The number of nitrogens with one attached hydrogen (secondary N) is 2. The fraction of sp³-hybridized carbons (Fsp3) is 0.500. The normalized spacial score (nSPS) is 18.3. The number of rotatable bonds is 5. The molecule has 4 rings (SSSR count). The first-order valence-electron chi connectivity index (χ1n) is 9.60. The van der Waals surface area contributed by atoms with Gasteiger partial charge in [0.1, 0.15) is 11.8 Å². The van der Waals surface area contributed by atoms with Crippen molar-refractivity contribution in [2.45, 2.75) is 64.2 Å². The minimum Gasteiger partial charge on any atom is -0.448 e. The van der Waals surface area contributed by atoms with E-state index in [2.05, 4.69) is 15.8 Å². The van der Waals surface area contributed by atoms with Crippen LogP contribution < -0.4 is 20.1 Å². The van der Waals surface area contributed by atoms with Crippen molar-refractivity contribution in [2.24, 2.45) is 0 Å². The van der Waals surface area contributed by atoms with E-state index in [0.717, 1.165) is 42.9 Å². The molecule has 1 aliphatic heterocycles. The molecule has 0 saturated heterocycles. The second kappa shape index (κ2) is 7.13. The molecule has 2 aliphatic rings. The first kappa shape index (κ1) is 17.7. The molecule has 7 heteroatoms.